The lowest BCUT2D eigenvalue weighted by Crippen LogP contribution is -2.23. The molecule has 1 aromatic carbocycles. The SMILES string of the molecule is CC(C)c1ccc(F)c(C2(C(=O)O)CC2)c1F. The summed E-state index contributed by atoms with van der Waals surface area (Å²) < 4.78 is 27.9. The molecular weight excluding hydrogens is 226 g/mol. The molecule has 0 spiro atoms. The number of hydrogen-bond donors (Lipinski definition) is 1. The Kier molecular flexibility index (Phi) is 2.68. The highest BCUT2D eigenvalue weighted by Crippen LogP contribution is 2.50. The molecule has 0 aromatic heterocycles. The fourth-order valence-corrected chi connectivity index (χ4v) is 2.15. The van der Waals surface area contributed by atoms with Crippen LogP contribution in [-0.4, -0.2) is 11.1 Å². The molecule has 92 valence electrons. The maximum Gasteiger partial charge on any atom is 0.314 e. The number of hydrogen-bond acceptors (Lipinski definition) is 1. The summed E-state index contributed by atoms with van der Waals surface area (Å²) >= 11 is 0. The number of aliphatic carboxylic acids is 1. The smallest absolute Gasteiger partial charge is 0.314 e. The van der Waals surface area contributed by atoms with Gasteiger partial charge in [0.15, 0.2) is 0 Å². The molecule has 2 rings (SSSR count). The molecule has 1 N–H and O–H groups in total. The van der Waals surface area contributed by atoms with Gasteiger partial charge in [-0.15, -0.1) is 0 Å². The minimum atomic E-state index is -1.33. The summed E-state index contributed by atoms with van der Waals surface area (Å²) in [7, 11) is 0. The second-order valence-corrected chi connectivity index (χ2v) is 4.87. The van der Waals surface area contributed by atoms with Gasteiger partial charge in [-0.25, -0.2) is 8.78 Å². The molecule has 2 nitrogen and oxygen atoms in total. The van der Waals surface area contributed by atoms with Crippen molar-refractivity contribution in [2.24, 2.45) is 0 Å². The highest BCUT2D eigenvalue weighted by molar-refractivity contribution is 5.85. The molecule has 4 heteroatoms. The van der Waals surface area contributed by atoms with Gasteiger partial charge in [0.05, 0.1) is 5.41 Å². The third-order valence-corrected chi connectivity index (χ3v) is 3.38. The number of benzene rings is 1. The molecule has 0 heterocycles. The van der Waals surface area contributed by atoms with Gasteiger partial charge in [-0.3, -0.25) is 4.79 Å². The summed E-state index contributed by atoms with van der Waals surface area (Å²) in [6, 6.07) is 2.55. The molecule has 0 aliphatic heterocycles. The van der Waals surface area contributed by atoms with Crippen LogP contribution >= 0.6 is 0 Å². The van der Waals surface area contributed by atoms with Crippen molar-refractivity contribution in [3.05, 3.63) is 34.9 Å². The van der Waals surface area contributed by atoms with Crippen molar-refractivity contribution in [3.8, 4) is 0 Å². The molecule has 0 bridgehead atoms. The molecule has 0 unspecified atom stereocenters. The first-order valence-electron chi connectivity index (χ1n) is 5.62. The first kappa shape index (κ1) is 12.0. The summed E-state index contributed by atoms with van der Waals surface area (Å²) in [5, 5.41) is 9.10. The minimum Gasteiger partial charge on any atom is -0.481 e. The summed E-state index contributed by atoms with van der Waals surface area (Å²) in [5.74, 6) is -2.69. The molecule has 17 heavy (non-hydrogen) atoms. The van der Waals surface area contributed by atoms with Crippen molar-refractivity contribution in [3.63, 3.8) is 0 Å². The molecule has 0 amide bonds. The Morgan fingerprint density at radius 1 is 1.35 bits per heavy atom. The lowest BCUT2D eigenvalue weighted by Gasteiger charge is -2.16. The number of halogens is 2. The Balaban J connectivity index is 2.61. The third kappa shape index (κ3) is 1.72. The van der Waals surface area contributed by atoms with E-state index in [9.17, 15) is 13.6 Å². The average molecular weight is 240 g/mol. The van der Waals surface area contributed by atoms with Crippen molar-refractivity contribution in [1.29, 1.82) is 0 Å². The van der Waals surface area contributed by atoms with Gasteiger partial charge in [0.2, 0.25) is 0 Å². The molecule has 1 saturated carbocycles. The largest absolute Gasteiger partial charge is 0.481 e. The third-order valence-electron chi connectivity index (χ3n) is 3.38. The molecular formula is C13H14F2O2. The minimum absolute atomic E-state index is 0.0982. The first-order valence-corrected chi connectivity index (χ1v) is 5.62. The van der Waals surface area contributed by atoms with Crippen LogP contribution in [0.3, 0.4) is 0 Å². The van der Waals surface area contributed by atoms with E-state index in [0.717, 1.165) is 6.07 Å². The molecule has 1 aliphatic carbocycles. The van der Waals surface area contributed by atoms with Gasteiger partial charge < -0.3 is 5.11 Å². The van der Waals surface area contributed by atoms with Crippen molar-refractivity contribution < 1.29 is 18.7 Å². The van der Waals surface area contributed by atoms with E-state index >= 15 is 0 Å². The van der Waals surface area contributed by atoms with Crippen molar-refractivity contribution in [1.82, 2.24) is 0 Å². The van der Waals surface area contributed by atoms with Crippen LogP contribution in [0, 0.1) is 11.6 Å². The predicted molar refractivity (Wildman–Crippen MR) is 59.0 cm³/mol. The molecule has 0 radical (unpaired) electrons. The first-order chi connectivity index (χ1) is 7.90. The van der Waals surface area contributed by atoms with Crippen LogP contribution in [0.25, 0.3) is 0 Å². The molecule has 1 fully saturated rings. The van der Waals surface area contributed by atoms with E-state index in [1.165, 1.54) is 6.07 Å². The predicted octanol–water partition coefficient (Wildman–Crippen LogP) is 3.20. The van der Waals surface area contributed by atoms with Crippen LogP contribution in [0.2, 0.25) is 0 Å². The zero-order valence-corrected chi connectivity index (χ0v) is 9.76. The monoisotopic (exact) mass is 240 g/mol. The summed E-state index contributed by atoms with van der Waals surface area (Å²) in [6.07, 6.45) is 0.607. The van der Waals surface area contributed by atoms with Crippen molar-refractivity contribution >= 4 is 5.97 Å². The zero-order chi connectivity index (χ0) is 12.8. The van der Waals surface area contributed by atoms with Crippen LogP contribution in [0.15, 0.2) is 12.1 Å². The topological polar surface area (TPSA) is 37.3 Å². The number of carbonyl (C=O) groups is 1. The van der Waals surface area contributed by atoms with E-state index in [-0.39, 0.29) is 11.5 Å². The van der Waals surface area contributed by atoms with Gasteiger partial charge in [0.25, 0.3) is 0 Å². The number of carboxylic acids is 1. The normalized spacial score (nSPS) is 17.2. The van der Waals surface area contributed by atoms with Crippen LogP contribution in [0.1, 0.15) is 43.7 Å². The fourth-order valence-electron chi connectivity index (χ4n) is 2.15. The summed E-state index contributed by atoms with van der Waals surface area (Å²) in [5.41, 5.74) is -1.23. The van der Waals surface area contributed by atoms with Gasteiger partial charge >= 0.3 is 5.97 Å². The molecule has 0 saturated heterocycles. The molecule has 1 aromatic rings. The summed E-state index contributed by atoms with van der Waals surface area (Å²) in [6.45, 7) is 3.58. The van der Waals surface area contributed by atoms with Gasteiger partial charge in [0, 0.05) is 5.56 Å². The maximum absolute atomic E-state index is 14.2. The lowest BCUT2D eigenvalue weighted by atomic mass is 9.90. The quantitative estimate of drug-likeness (QED) is 0.880. The Bertz CT molecular complexity index is 477. The maximum atomic E-state index is 14.2. The van der Waals surface area contributed by atoms with E-state index in [1.807, 2.05) is 0 Å². The van der Waals surface area contributed by atoms with Crippen LogP contribution in [0.4, 0.5) is 8.78 Å². The van der Waals surface area contributed by atoms with Gasteiger partial charge in [-0.05, 0) is 30.4 Å². The standard InChI is InChI=1S/C13H14F2O2/c1-7(2)8-3-4-9(14)10(11(8)15)13(5-6-13)12(16)17/h3-4,7H,5-6H2,1-2H3,(H,16,17). The van der Waals surface area contributed by atoms with Crippen molar-refractivity contribution in [2.75, 3.05) is 0 Å². The highest BCUT2D eigenvalue weighted by atomic mass is 19.1. The van der Waals surface area contributed by atoms with Gasteiger partial charge in [-0.1, -0.05) is 19.9 Å². The lowest BCUT2D eigenvalue weighted by molar-refractivity contribution is -0.140. The van der Waals surface area contributed by atoms with Crippen LogP contribution < -0.4 is 0 Å². The Morgan fingerprint density at radius 2 is 1.94 bits per heavy atom. The van der Waals surface area contributed by atoms with Gasteiger partial charge in [-0.2, -0.15) is 0 Å². The van der Waals surface area contributed by atoms with E-state index in [4.69, 9.17) is 5.11 Å². The fraction of sp³-hybridized carbons (Fsp3) is 0.462. The molecule has 1 aliphatic rings. The second-order valence-electron chi connectivity index (χ2n) is 4.87. The summed E-state index contributed by atoms with van der Waals surface area (Å²) in [4.78, 5) is 11.1. The highest BCUT2D eigenvalue weighted by Gasteiger charge is 2.55. The van der Waals surface area contributed by atoms with Crippen LogP contribution in [0.5, 0.6) is 0 Å². The van der Waals surface area contributed by atoms with E-state index in [1.54, 1.807) is 13.8 Å². The molecule has 0 atom stereocenters. The Morgan fingerprint density at radius 3 is 2.35 bits per heavy atom. The van der Waals surface area contributed by atoms with Crippen LogP contribution in [-0.2, 0) is 10.2 Å². The van der Waals surface area contributed by atoms with E-state index in [2.05, 4.69) is 0 Å². The number of rotatable bonds is 3. The van der Waals surface area contributed by atoms with E-state index in [0.29, 0.717) is 18.4 Å². The van der Waals surface area contributed by atoms with Gasteiger partial charge in [0.1, 0.15) is 11.6 Å². The Labute approximate surface area is 98.3 Å². The Hall–Kier alpha value is -1.45. The zero-order valence-electron chi connectivity index (χ0n) is 9.76. The number of carboxylic acid groups (broad SMARTS) is 1. The average Bonchev–Trinajstić information content (AvgIpc) is 2.98. The van der Waals surface area contributed by atoms with E-state index < -0.39 is 23.0 Å². The second kappa shape index (κ2) is 3.79. The van der Waals surface area contributed by atoms with Crippen molar-refractivity contribution in [2.45, 2.75) is 38.0 Å².